The highest BCUT2D eigenvalue weighted by molar-refractivity contribution is 6.32. The maximum Gasteiger partial charge on any atom is 0.310 e. The molecule has 0 radical (unpaired) electrons. The summed E-state index contributed by atoms with van der Waals surface area (Å²) < 4.78 is 5.09. The summed E-state index contributed by atoms with van der Waals surface area (Å²) in [5.74, 6) is -0.213. The molecule has 0 spiro atoms. The Hall–Kier alpha value is -1.73. The highest BCUT2D eigenvalue weighted by Gasteiger charge is 2.27. The molecule has 1 aliphatic rings. The highest BCUT2D eigenvalue weighted by atomic mass is 35.5. The minimum atomic E-state index is -0.128. The molecule has 5 heteroatoms. The standard InChI is InChI=1S/C15H17ClN2O2/c1-2-20-15(19)12-4-3-7-18(10-12)13-6-5-11(9-17)14(16)8-13/h5-6,8,12H,2-4,7,10H2,1H3. The molecular weight excluding hydrogens is 276 g/mol. The normalized spacial score (nSPS) is 18.4. The molecule has 1 aromatic rings. The summed E-state index contributed by atoms with van der Waals surface area (Å²) in [6.07, 6.45) is 1.81. The molecule has 1 unspecified atom stereocenters. The Morgan fingerprint density at radius 1 is 1.60 bits per heavy atom. The lowest BCUT2D eigenvalue weighted by Gasteiger charge is -2.33. The van der Waals surface area contributed by atoms with Gasteiger partial charge in [-0.1, -0.05) is 11.6 Å². The van der Waals surface area contributed by atoms with Gasteiger partial charge in [0.25, 0.3) is 0 Å². The van der Waals surface area contributed by atoms with Gasteiger partial charge in [-0.3, -0.25) is 4.79 Å². The Balaban J connectivity index is 2.11. The molecule has 20 heavy (non-hydrogen) atoms. The van der Waals surface area contributed by atoms with Crippen molar-refractivity contribution in [2.75, 3.05) is 24.6 Å². The quantitative estimate of drug-likeness (QED) is 0.804. The molecule has 0 amide bonds. The average molecular weight is 293 g/mol. The summed E-state index contributed by atoms with van der Waals surface area (Å²) in [6, 6.07) is 7.42. The predicted molar refractivity (Wildman–Crippen MR) is 77.7 cm³/mol. The molecule has 0 N–H and O–H groups in total. The molecule has 0 bridgehead atoms. The van der Waals surface area contributed by atoms with Crippen LogP contribution < -0.4 is 4.90 Å². The molecule has 1 heterocycles. The van der Waals surface area contributed by atoms with Crippen LogP contribution in [0.15, 0.2) is 18.2 Å². The first-order valence-electron chi connectivity index (χ1n) is 6.77. The molecule has 0 aromatic heterocycles. The Kier molecular flexibility index (Phi) is 4.86. The van der Waals surface area contributed by atoms with E-state index in [-0.39, 0.29) is 11.9 Å². The minimum absolute atomic E-state index is 0.0851. The first kappa shape index (κ1) is 14.7. The van der Waals surface area contributed by atoms with Crippen molar-refractivity contribution >= 4 is 23.3 Å². The van der Waals surface area contributed by atoms with Gasteiger partial charge in [-0.2, -0.15) is 5.26 Å². The summed E-state index contributed by atoms with van der Waals surface area (Å²) in [6.45, 7) is 3.76. The topological polar surface area (TPSA) is 53.3 Å². The number of hydrogen-bond donors (Lipinski definition) is 0. The van der Waals surface area contributed by atoms with E-state index in [2.05, 4.69) is 4.90 Å². The number of halogens is 1. The Morgan fingerprint density at radius 3 is 3.05 bits per heavy atom. The van der Waals surface area contributed by atoms with E-state index in [1.165, 1.54) is 0 Å². The van der Waals surface area contributed by atoms with Crippen LogP contribution in [-0.2, 0) is 9.53 Å². The minimum Gasteiger partial charge on any atom is -0.466 e. The van der Waals surface area contributed by atoms with E-state index in [1.807, 2.05) is 19.1 Å². The van der Waals surface area contributed by atoms with E-state index in [1.54, 1.807) is 12.1 Å². The van der Waals surface area contributed by atoms with Gasteiger partial charge in [0.1, 0.15) is 6.07 Å². The first-order valence-corrected chi connectivity index (χ1v) is 7.14. The molecule has 1 aliphatic heterocycles. The van der Waals surface area contributed by atoms with E-state index in [4.69, 9.17) is 21.6 Å². The Morgan fingerprint density at radius 2 is 2.40 bits per heavy atom. The van der Waals surface area contributed by atoms with E-state index >= 15 is 0 Å². The van der Waals surface area contributed by atoms with Crippen LogP contribution in [0.5, 0.6) is 0 Å². The van der Waals surface area contributed by atoms with Crippen molar-refractivity contribution in [1.82, 2.24) is 0 Å². The second kappa shape index (κ2) is 6.62. The van der Waals surface area contributed by atoms with Crippen LogP contribution in [0.3, 0.4) is 0 Å². The van der Waals surface area contributed by atoms with Crippen molar-refractivity contribution in [1.29, 1.82) is 5.26 Å². The number of benzene rings is 1. The van der Waals surface area contributed by atoms with Gasteiger partial charge in [0, 0.05) is 18.8 Å². The van der Waals surface area contributed by atoms with Crippen molar-refractivity contribution in [3.63, 3.8) is 0 Å². The van der Waals surface area contributed by atoms with Gasteiger partial charge in [-0.15, -0.1) is 0 Å². The molecule has 1 aromatic carbocycles. The molecule has 1 atom stereocenters. The number of anilines is 1. The summed E-state index contributed by atoms with van der Waals surface area (Å²) in [5.41, 5.74) is 1.41. The van der Waals surface area contributed by atoms with Crippen LogP contribution in [0.4, 0.5) is 5.69 Å². The first-order chi connectivity index (χ1) is 9.65. The van der Waals surface area contributed by atoms with Crippen molar-refractivity contribution in [2.24, 2.45) is 5.92 Å². The van der Waals surface area contributed by atoms with Crippen LogP contribution in [0, 0.1) is 17.2 Å². The molecule has 4 nitrogen and oxygen atoms in total. The SMILES string of the molecule is CCOC(=O)C1CCCN(c2ccc(C#N)c(Cl)c2)C1. The second-order valence-electron chi connectivity index (χ2n) is 4.81. The van der Waals surface area contributed by atoms with Crippen molar-refractivity contribution < 1.29 is 9.53 Å². The van der Waals surface area contributed by atoms with Crippen LogP contribution in [-0.4, -0.2) is 25.7 Å². The van der Waals surface area contributed by atoms with Gasteiger partial charge in [0.15, 0.2) is 0 Å². The van der Waals surface area contributed by atoms with Crippen LogP contribution in [0.2, 0.25) is 5.02 Å². The summed E-state index contributed by atoms with van der Waals surface area (Å²) >= 11 is 6.06. The van der Waals surface area contributed by atoms with Crippen LogP contribution in [0.25, 0.3) is 0 Å². The third-order valence-corrected chi connectivity index (χ3v) is 3.79. The maximum absolute atomic E-state index is 11.8. The van der Waals surface area contributed by atoms with Gasteiger partial charge < -0.3 is 9.64 Å². The summed E-state index contributed by atoms with van der Waals surface area (Å²) in [4.78, 5) is 13.9. The predicted octanol–water partition coefficient (Wildman–Crippen LogP) is 2.99. The number of carbonyl (C=O) groups is 1. The lowest BCUT2D eigenvalue weighted by molar-refractivity contribution is -0.148. The number of carbonyl (C=O) groups excluding carboxylic acids is 1. The van der Waals surface area contributed by atoms with Crippen LogP contribution in [0.1, 0.15) is 25.3 Å². The molecule has 2 rings (SSSR count). The third kappa shape index (κ3) is 3.23. The number of nitriles is 1. The maximum atomic E-state index is 11.8. The van der Waals surface area contributed by atoms with Gasteiger partial charge in [-0.05, 0) is 38.0 Å². The zero-order chi connectivity index (χ0) is 14.5. The highest BCUT2D eigenvalue weighted by Crippen LogP contribution is 2.27. The van der Waals surface area contributed by atoms with Crippen LogP contribution >= 0.6 is 11.6 Å². The van der Waals surface area contributed by atoms with Crippen molar-refractivity contribution in [2.45, 2.75) is 19.8 Å². The molecule has 0 aliphatic carbocycles. The zero-order valence-corrected chi connectivity index (χ0v) is 12.2. The van der Waals surface area contributed by atoms with E-state index in [0.29, 0.717) is 23.7 Å². The number of esters is 1. The average Bonchev–Trinajstić information content (AvgIpc) is 2.47. The second-order valence-corrected chi connectivity index (χ2v) is 5.22. The van der Waals surface area contributed by atoms with Crippen molar-refractivity contribution in [3.05, 3.63) is 28.8 Å². The van der Waals surface area contributed by atoms with Gasteiger partial charge in [0.05, 0.1) is 23.1 Å². The monoisotopic (exact) mass is 292 g/mol. The molecule has 1 saturated heterocycles. The smallest absolute Gasteiger partial charge is 0.310 e. The lowest BCUT2D eigenvalue weighted by Crippen LogP contribution is -2.39. The van der Waals surface area contributed by atoms with Gasteiger partial charge in [0.2, 0.25) is 0 Å². The largest absolute Gasteiger partial charge is 0.466 e. The molecule has 106 valence electrons. The number of hydrogen-bond acceptors (Lipinski definition) is 4. The van der Waals surface area contributed by atoms with E-state index in [0.717, 1.165) is 25.1 Å². The number of piperidine rings is 1. The molecular formula is C15H17ClN2O2. The Labute approximate surface area is 123 Å². The van der Waals surface area contributed by atoms with Gasteiger partial charge >= 0.3 is 5.97 Å². The Bertz CT molecular complexity index is 539. The number of nitrogens with zero attached hydrogens (tertiary/aromatic N) is 2. The molecule has 1 fully saturated rings. The number of ether oxygens (including phenoxy) is 1. The fraction of sp³-hybridized carbons (Fsp3) is 0.467. The zero-order valence-electron chi connectivity index (χ0n) is 11.4. The van der Waals surface area contributed by atoms with Gasteiger partial charge in [-0.25, -0.2) is 0 Å². The lowest BCUT2D eigenvalue weighted by atomic mass is 9.97. The molecule has 0 saturated carbocycles. The van der Waals surface area contributed by atoms with E-state index in [9.17, 15) is 4.79 Å². The summed E-state index contributed by atoms with van der Waals surface area (Å²) in [5, 5.41) is 9.33. The third-order valence-electron chi connectivity index (χ3n) is 3.48. The summed E-state index contributed by atoms with van der Waals surface area (Å²) in [7, 11) is 0. The fourth-order valence-corrected chi connectivity index (χ4v) is 2.67. The van der Waals surface area contributed by atoms with Crippen molar-refractivity contribution in [3.8, 4) is 6.07 Å². The van der Waals surface area contributed by atoms with E-state index < -0.39 is 0 Å². The number of rotatable bonds is 3. The fourth-order valence-electron chi connectivity index (χ4n) is 2.46.